The van der Waals surface area contributed by atoms with Crippen molar-refractivity contribution in [3.8, 4) is 0 Å². The Hall–Kier alpha value is -1.08. The third kappa shape index (κ3) is 2.05. The highest BCUT2D eigenvalue weighted by atomic mass is 16.5. The molecule has 0 aliphatic carbocycles. The van der Waals surface area contributed by atoms with Gasteiger partial charge in [-0.3, -0.25) is 0 Å². The predicted molar refractivity (Wildman–Crippen MR) is 58.1 cm³/mol. The third-order valence-corrected chi connectivity index (χ3v) is 2.62. The Morgan fingerprint density at radius 3 is 2.57 bits per heavy atom. The number of hydrogen-bond donors (Lipinski definition) is 0. The van der Waals surface area contributed by atoms with Crippen LogP contribution in [0.15, 0.2) is 42.5 Å². The predicted octanol–water partition coefficient (Wildman–Crippen LogP) is 3.48. The van der Waals surface area contributed by atoms with Crippen molar-refractivity contribution in [2.45, 2.75) is 32.0 Å². The number of rotatable bonds is 1. The van der Waals surface area contributed by atoms with Crippen LogP contribution < -0.4 is 0 Å². The molecule has 1 aromatic rings. The topological polar surface area (TPSA) is 9.23 Å². The standard InChI is InChI=1S/C13H16O/c1-10-8-11(2)14-13(9-10)12-6-4-3-5-7-12/h3-7,11,13H,1,8-9H2,2H3. The van der Waals surface area contributed by atoms with Crippen molar-refractivity contribution in [2.75, 3.05) is 0 Å². The van der Waals surface area contributed by atoms with Gasteiger partial charge in [0.2, 0.25) is 0 Å². The van der Waals surface area contributed by atoms with E-state index in [1.165, 1.54) is 11.1 Å². The summed E-state index contributed by atoms with van der Waals surface area (Å²) < 4.78 is 5.88. The van der Waals surface area contributed by atoms with Gasteiger partial charge in [0.15, 0.2) is 0 Å². The molecule has 0 amide bonds. The Morgan fingerprint density at radius 2 is 1.93 bits per heavy atom. The fourth-order valence-corrected chi connectivity index (χ4v) is 1.99. The van der Waals surface area contributed by atoms with E-state index in [4.69, 9.17) is 4.74 Å². The number of hydrogen-bond acceptors (Lipinski definition) is 1. The first-order chi connectivity index (χ1) is 6.75. The zero-order valence-electron chi connectivity index (χ0n) is 8.57. The Bertz CT molecular complexity index is 315. The highest BCUT2D eigenvalue weighted by Gasteiger charge is 2.22. The van der Waals surface area contributed by atoms with Crippen LogP contribution in [0, 0.1) is 0 Å². The third-order valence-electron chi connectivity index (χ3n) is 2.62. The molecule has 1 heterocycles. The van der Waals surface area contributed by atoms with Crippen molar-refractivity contribution in [1.82, 2.24) is 0 Å². The van der Waals surface area contributed by atoms with Crippen LogP contribution in [0.4, 0.5) is 0 Å². The van der Waals surface area contributed by atoms with E-state index < -0.39 is 0 Å². The van der Waals surface area contributed by atoms with Crippen LogP contribution >= 0.6 is 0 Å². The molecular weight excluding hydrogens is 172 g/mol. The largest absolute Gasteiger partial charge is 0.370 e. The van der Waals surface area contributed by atoms with Gasteiger partial charge in [-0.15, -0.1) is 0 Å². The molecule has 0 N–H and O–H groups in total. The monoisotopic (exact) mass is 188 g/mol. The fraction of sp³-hybridized carbons (Fsp3) is 0.385. The maximum Gasteiger partial charge on any atom is 0.0865 e. The first-order valence-corrected chi connectivity index (χ1v) is 5.13. The molecule has 0 spiro atoms. The van der Waals surface area contributed by atoms with E-state index in [-0.39, 0.29) is 6.10 Å². The van der Waals surface area contributed by atoms with Crippen molar-refractivity contribution in [2.24, 2.45) is 0 Å². The lowest BCUT2D eigenvalue weighted by molar-refractivity contribution is -0.0224. The molecule has 1 aliphatic rings. The van der Waals surface area contributed by atoms with E-state index in [0.29, 0.717) is 6.10 Å². The minimum atomic E-state index is 0.215. The Kier molecular flexibility index (Phi) is 2.69. The average Bonchev–Trinajstić information content (AvgIpc) is 2.18. The average molecular weight is 188 g/mol. The van der Waals surface area contributed by atoms with E-state index in [1.54, 1.807) is 0 Å². The molecule has 74 valence electrons. The summed E-state index contributed by atoms with van der Waals surface area (Å²) >= 11 is 0. The van der Waals surface area contributed by atoms with Crippen LogP contribution in [0.5, 0.6) is 0 Å². The lowest BCUT2D eigenvalue weighted by atomic mass is 9.95. The van der Waals surface area contributed by atoms with Crippen LogP contribution in [0.25, 0.3) is 0 Å². The summed E-state index contributed by atoms with van der Waals surface area (Å²) in [5, 5.41) is 0. The van der Waals surface area contributed by atoms with Gasteiger partial charge in [-0.2, -0.15) is 0 Å². The van der Waals surface area contributed by atoms with E-state index in [0.717, 1.165) is 12.8 Å². The molecule has 0 aromatic heterocycles. The molecule has 2 rings (SSSR count). The molecule has 0 bridgehead atoms. The molecule has 1 saturated heterocycles. The second kappa shape index (κ2) is 3.97. The van der Waals surface area contributed by atoms with Gasteiger partial charge in [0.25, 0.3) is 0 Å². The Morgan fingerprint density at radius 1 is 1.21 bits per heavy atom. The molecular formula is C13H16O. The molecule has 1 aliphatic heterocycles. The molecule has 2 atom stereocenters. The van der Waals surface area contributed by atoms with Gasteiger partial charge in [0, 0.05) is 0 Å². The van der Waals surface area contributed by atoms with Crippen molar-refractivity contribution < 1.29 is 4.74 Å². The maximum atomic E-state index is 5.88. The zero-order chi connectivity index (χ0) is 9.97. The van der Waals surface area contributed by atoms with Crippen LogP contribution in [-0.4, -0.2) is 6.10 Å². The summed E-state index contributed by atoms with van der Waals surface area (Å²) in [6, 6.07) is 10.4. The molecule has 1 heteroatoms. The van der Waals surface area contributed by atoms with Crippen molar-refractivity contribution in [3.05, 3.63) is 48.0 Å². The normalized spacial score (nSPS) is 27.6. The summed E-state index contributed by atoms with van der Waals surface area (Å²) in [6.45, 7) is 6.17. The zero-order valence-corrected chi connectivity index (χ0v) is 8.57. The van der Waals surface area contributed by atoms with E-state index >= 15 is 0 Å². The fourth-order valence-electron chi connectivity index (χ4n) is 1.99. The van der Waals surface area contributed by atoms with Gasteiger partial charge in [0.1, 0.15) is 0 Å². The second-order valence-electron chi connectivity index (χ2n) is 4.00. The van der Waals surface area contributed by atoms with Crippen LogP contribution in [0.2, 0.25) is 0 Å². The second-order valence-corrected chi connectivity index (χ2v) is 4.00. The van der Waals surface area contributed by atoms with Gasteiger partial charge in [-0.25, -0.2) is 0 Å². The van der Waals surface area contributed by atoms with Gasteiger partial charge in [-0.1, -0.05) is 42.5 Å². The van der Waals surface area contributed by atoms with Gasteiger partial charge in [-0.05, 0) is 25.3 Å². The summed E-state index contributed by atoms with van der Waals surface area (Å²) in [5.74, 6) is 0. The van der Waals surface area contributed by atoms with Crippen molar-refractivity contribution in [3.63, 3.8) is 0 Å². The summed E-state index contributed by atoms with van der Waals surface area (Å²) in [6.07, 6.45) is 2.49. The molecule has 0 saturated carbocycles. The minimum Gasteiger partial charge on any atom is -0.370 e. The number of benzene rings is 1. The van der Waals surface area contributed by atoms with E-state index in [2.05, 4.69) is 37.8 Å². The Balaban J connectivity index is 2.15. The summed E-state index contributed by atoms with van der Waals surface area (Å²) in [7, 11) is 0. The smallest absolute Gasteiger partial charge is 0.0865 e. The lowest BCUT2D eigenvalue weighted by Crippen LogP contribution is -2.20. The van der Waals surface area contributed by atoms with Crippen molar-refractivity contribution in [1.29, 1.82) is 0 Å². The maximum absolute atomic E-state index is 5.88. The molecule has 1 nitrogen and oxygen atoms in total. The lowest BCUT2D eigenvalue weighted by Gasteiger charge is -2.29. The Labute approximate surface area is 85.4 Å². The number of ether oxygens (including phenoxy) is 1. The van der Waals surface area contributed by atoms with E-state index in [1.807, 2.05) is 6.07 Å². The van der Waals surface area contributed by atoms with Crippen LogP contribution in [0.3, 0.4) is 0 Å². The first kappa shape index (κ1) is 9.47. The van der Waals surface area contributed by atoms with Crippen LogP contribution in [0.1, 0.15) is 31.4 Å². The molecule has 1 aromatic carbocycles. The quantitative estimate of drug-likeness (QED) is 0.613. The molecule has 14 heavy (non-hydrogen) atoms. The molecule has 2 unspecified atom stereocenters. The SMILES string of the molecule is C=C1CC(C)OC(c2ccccc2)C1. The first-order valence-electron chi connectivity index (χ1n) is 5.13. The highest BCUT2D eigenvalue weighted by Crippen LogP contribution is 2.33. The van der Waals surface area contributed by atoms with Gasteiger partial charge < -0.3 is 4.74 Å². The van der Waals surface area contributed by atoms with Crippen molar-refractivity contribution >= 4 is 0 Å². The van der Waals surface area contributed by atoms with E-state index in [9.17, 15) is 0 Å². The van der Waals surface area contributed by atoms with Crippen LogP contribution in [-0.2, 0) is 4.74 Å². The summed E-state index contributed by atoms with van der Waals surface area (Å²) in [4.78, 5) is 0. The summed E-state index contributed by atoms with van der Waals surface area (Å²) in [5.41, 5.74) is 2.57. The highest BCUT2D eigenvalue weighted by molar-refractivity contribution is 5.20. The molecule has 0 radical (unpaired) electrons. The minimum absolute atomic E-state index is 0.215. The van der Waals surface area contributed by atoms with Gasteiger partial charge in [0.05, 0.1) is 12.2 Å². The molecule has 1 fully saturated rings. The van der Waals surface area contributed by atoms with Gasteiger partial charge >= 0.3 is 0 Å².